The molecule has 0 aliphatic carbocycles. The number of aliphatic hydroxyl groups is 3. The number of hydrogen-bond acceptors (Lipinski definition) is 20. The van der Waals surface area contributed by atoms with Gasteiger partial charge in [-0.2, -0.15) is 0 Å². The van der Waals surface area contributed by atoms with Crippen LogP contribution in [0.1, 0.15) is 94.3 Å². The van der Waals surface area contributed by atoms with Crippen molar-refractivity contribution in [1.82, 2.24) is 68.1 Å². The number of nitrogens with zero attached hydrogens (tertiary/aromatic N) is 2. The van der Waals surface area contributed by atoms with E-state index >= 15 is 4.39 Å². The molecule has 0 aliphatic rings. The Morgan fingerprint density at radius 1 is 0.609 bits per heavy atom. The number of nitrogens with one attached hydrogen (secondary N) is 11. The lowest BCUT2D eigenvalue weighted by Crippen LogP contribution is -2.67. The number of imidazole rings is 1. The van der Waals surface area contributed by atoms with Gasteiger partial charge in [-0.1, -0.05) is 85.8 Å². The molecule has 11 atom stereocenters. The second-order valence-corrected chi connectivity index (χ2v) is 27.0. The lowest BCUT2D eigenvalue weighted by Gasteiger charge is -2.34. The number of aromatic amines is 1. The Labute approximate surface area is 632 Å². The molecule has 0 saturated heterocycles. The standard InChI is InChI=1S/C75H94FN15O19/c1-9-44-30-48(110-8)23-24-50(44)45-21-18-42(19-22-45)28-56(67(103)83-55(64(78)100)29-43-20-25-53(80-34-43)49-16-12-10-14-39(49)2)84-68(104)57(32-61(98)99)85-69(105)58(37-92)86-70(106)62(40(3)93)89-73(109)75(7,33-46-15-11-13-17-51(46)76)91-71(107)63(41(4)94)88-59(95)36-81-66(102)54(26-27-60(96)97)87-72(108)74(5,6)90-65(101)52(77)31-47-35-79-38-82-47/h10-25,30,34-35,38,40-41,52,54-58,62-63,92-94H,9,26-29,31-33,36-37,77H2,1-8H3,(H2,78,100)(H,79,82)(H,81,102)(H,83,103)(H,84,104)(H,85,105)(H,86,106)(H,87,108)(H,88,95)(H,89,109)(H,90,101)(H,91,107)(H,96,97)(H,98,99)/t40?,41?,52-,54-,55-,56-,57-,58-,62-,63-,75+/m0/s1. The van der Waals surface area contributed by atoms with E-state index in [4.69, 9.17) is 16.2 Å². The number of aryl methyl sites for hydroxylation is 2. The minimum Gasteiger partial charge on any atom is -0.497 e. The van der Waals surface area contributed by atoms with Gasteiger partial charge in [0.05, 0.1) is 62.6 Å². The van der Waals surface area contributed by atoms with E-state index in [0.717, 1.165) is 54.7 Å². The number of primary amides is 1. The molecule has 35 heteroatoms. The smallest absolute Gasteiger partial charge is 0.305 e. The van der Waals surface area contributed by atoms with Gasteiger partial charge in [0.1, 0.15) is 64.9 Å². The molecule has 6 aromatic rings. The molecule has 20 N–H and O–H groups in total. The van der Waals surface area contributed by atoms with Gasteiger partial charge in [-0.3, -0.25) is 67.3 Å². The lowest BCUT2D eigenvalue weighted by molar-refractivity contribution is -0.142. The Morgan fingerprint density at radius 2 is 1.22 bits per heavy atom. The molecule has 0 spiro atoms. The van der Waals surface area contributed by atoms with E-state index < -0.39 is 193 Å². The maximum absolute atomic E-state index is 15.5. The molecule has 110 heavy (non-hydrogen) atoms. The first-order valence-electron chi connectivity index (χ1n) is 34.9. The zero-order valence-electron chi connectivity index (χ0n) is 61.8. The Kier molecular flexibility index (Phi) is 31.7. The van der Waals surface area contributed by atoms with Crippen LogP contribution in [0, 0.1) is 12.7 Å². The third-order valence-corrected chi connectivity index (χ3v) is 17.8. The van der Waals surface area contributed by atoms with Crippen LogP contribution in [0.4, 0.5) is 4.39 Å². The van der Waals surface area contributed by atoms with E-state index in [0.29, 0.717) is 34.7 Å². The van der Waals surface area contributed by atoms with Crippen molar-refractivity contribution >= 4 is 76.9 Å². The second kappa shape index (κ2) is 40.2. The van der Waals surface area contributed by atoms with Crippen molar-refractivity contribution in [2.45, 2.75) is 171 Å². The van der Waals surface area contributed by atoms with Gasteiger partial charge in [0.15, 0.2) is 0 Å². The summed E-state index contributed by atoms with van der Waals surface area (Å²) in [6, 6.07) is 14.1. The molecule has 0 aliphatic heterocycles. The first kappa shape index (κ1) is 86.8. The summed E-state index contributed by atoms with van der Waals surface area (Å²) in [5.41, 5.74) is 13.9. The highest BCUT2D eigenvalue weighted by Gasteiger charge is 2.43. The number of pyridine rings is 1. The highest BCUT2D eigenvalue weighted by Crippen LogP contribution is 2.29. The molecule has 6 rings (SSSR count). The van der Waals surface area contributed by atoms with Crippen LogP contribution in [0.3, 0.4) is 0 Å². The van der Waals surface area contributed by atoms with Gasteiger partial charge in [0.25, 0.3) is 0 Å². The van der Waals surface area contributed by atoms with Crippen LogP contribution >= 0.6 is 0 Å². The van der Waals surface area contributed by atoms with Gasteiger partial charge in [0.2, 0.25) is 65.0 Å². The Balaban J connectivity index is 1.17. The number of methoxy groups -OCH3 is 1. The Bertz CT molecular complexity index is 4280. The van der Waals surface area contributed by atoms with Gasteiger partial charge in [-0.25, -0.2) is 9.37 Å². The average molecular weight is 1530 g/mol. The van der Waals surface area contributed by atoms with Crippen LogP contribution in [0.5, 0.6) is 5.75 Å². The summed E-state index contributed by atoms with van der Waals surface area (Å²) in [5, 5.41) is 75.2. The molecule has 34 nitrogen and oxygen atoms in total. The molecule has 2 unspecified atom stereocenters. The first-order valence-corrected chi connectivity index (χ1v) is 34.9. The molecule has 590 valence electrons. The fourth-order valence-corrected chi connectivity index (χ4v) is 11.4. The number of amides is 11. The number of carbonyl (C=O) groups excluding carboxylic acids is 11. The molecule has 0 bridgehead atoms. The molecule has 0 fully saturated rings. The van der Waals surface area contributed by atoms with Gasteiger partial charge < -0.3 is 99.9 Å². The summed E-state index contributed by atoms with van der Waals surface area (Å²) < 4.78 is 20.9. The van der Waals surface area contributed by atoms with Crippen LogP contribution in [0.2, 0.25) is 0 Å². The Morgan fingerprint density at radius 3 is 1.81 bits per heavy atom. The number of carbonyl (C=O) groups is 13. The highest BCUT2D eigenvalue weighted by atomic mass is 19.1. The SMILES string of the molecule is CCc1cc(OC)ccc1-c1ccc(C[C@H](NC(=O)[C@H](CC(=O)O)NC(=O)[C@H](CO)NC(=O)[C@@H](NC(=O)[C@@](C)(Cc2ccccc2F)NC(=O)[C@@H](NC(=O)CNC(=O)[C@H](CCC(=O)O)NC(=O)C(C)(C)NC(=O)[C@@H](N)Cc2c[nH]cn2)C(C)O)C(C)O)C(=O)N[C@@H](Cc2ccc(-c3ccccc3C)nc2)C(N)=O)cc1. The van der Waals surface area contributed by atoms with Crippen molar-refractivity contribution < 1.29 is 97.0 Å². The number of aromatic nitrogens is 3. The zero-order valence-corrected chi connectivity index (χ0v) is 61.8. The number of carboxylic acid groups (broad SMARTS) is 2. The molecule has 0 saturated carbocycles. The summed E-state index contributed by atoms with van der Waals surface area (Å²) in [7, 11) is 1.54. The molecule has 11 amide bonds. The van der Waals surface area contributed by atoms with Crippen LogP contribution in [-0.4, -0.2) is 209 Å². The summed E-state index contributed by atoms with van der Waals surface area (Å²) in [5.74, 6) is -16.2. The number of nitrogens with two attached hydrogens (primary N) is 2. The fraction of sp³-hybridized carbons (Fsp3) is 0.400. The first-order chi connectivity index (χ1) is 52.0. The number of aliphatic hydroxyl groups excluding tert-OH is 3. The number of H-pyrrole nitrogens is 1. The Hall–Kier alpha value is -12.1. The number of rotatable bonds is 41. The third kappa shape index (κ3) is 25.3. The number of ether oxygens (including phenoxy) is 1. The molecular formula is C75H94FN15O19. The van der Waals surface area contributed by atoms with Crippen LogP contribution in [0.15, 0.2) is 122 Å². The van der Waals surface area contributed by atoms with Crippen molar-refractivity contribution in [3.8, 4) is 28.1 Å². The number of halogens is 1. The largest absolute Gasteiger partial charge is 0.497 e. The van der Waals surface area contributed by atoms with E-state index in [2.05, 4.69) is 68.1 Å². The van der Waals surface area contributed by atoms with Crippen molar-refractivity contribution in [2.75, 3.05) is 20.3 Å². The van der Waals surface area contributed by atoms with E-state index in [1.807, 2.05) is 50.2 Å². The van der Waals surface area contributed by atoms with E-state index in [1.165, 1.54) is 50.8 Å². The normalized spacial score (nSPS) is 14.5. The van der Waals surface area contributed by atoms with Gasteiger partial charge in [-0.15, -0.1) is 0 Å². The number of aliphatic carboxylic acids is 2. The minimum atomic E-state index is -2.43. The van der Waals surface area contributed by atoms with Crippen LogP contribution in [-0.2, 0) is 94.4 Å². The molecule has 2 heterocycles. The number of carboxylic acids is 2. The molecular weight excluding hydrogens is 1430 g/mol. The minimum absolute atomic E-state index is 0.0170. The third-order valence-electron chi connectivity index (χ3n) is 17.8. The maximum atomic E-state index is 15.5. The average Bonchev–Trinajstić information content (AvgIpc) is 1.10. The summed E-state index contributed by atoms with van der Waals surface area (Å²) >= 11 is 0. The van der Waals surface area contributed by atoms with Crippen LogP contribution < -0.4 is 69.4 Å². The number of hydrogen-bond donors (Lipinski definition) is 18. The topological polar surface area (TPSA) is 546 Å². The predicted octanol–water partition coefficient (Wildman–Crippen LogP) is -1.39. The van der Waals surface area contributed by atoms with Gasteiger partial charge in [0, 0.05) is 50.1 Å². The van der Waals surface area contributed by atoms with Crippen LogP contribution in [0.25, 0.3) is 22.4 Å². The molecule has 4 aromatic carbocycles. The summed E-state index contributed by atoms with van der Waals surface area (Å²) in [4.78, 5) is 188. The second-order valence-electron chi connectivity index (χ2n) is 27.0. The van der Waals surface area contributed by atoms with Crippen molar-refractivity contribution in [3.05, 3.63) is 161 Å². The van der Waals surface area contributed by atoms with Crippen molar-refractivity contribution in [2.24, 2.45) is 11.5 Å². The molecule has 2 aromatic heterocycles. The summed E-state index contributed by atoms with van der Waals surface area (Å²) in [6.45, 7) is 7.21. The van der Waals surface area contributed by atoms with Crippen molar-refractivity contribution in [3.63, 3.8) is 0 Å². The lowest BCUT2D eigenvalue weighted by atomic mass is 9.90. The molecule has 0 radical (unpaired) electrons. The van der Waals surface area contributed by atoms with E-state index in [-0.39, 0.29) is 24.8 Å². The van der Waals surface area contributed by atoms with E-state index in [9.17, 15) is 87.9 Å². The van der Waals surface area contributed by atoms with Crippen molar-refractivity contribution in [1.29, 1.82) is 0 Å². The number of benzene rings is 4. The van der Waals surface area contributed by atoms with Gasteiger partial charge in [-0.05, 0) is 118 Å². The fourth-order valence-electron chi connectivity index (χ4n) is 11.4. The highest BCUT2D eigenvalue weighted by molar-refractivity contribution is 6.01. The monoisotopic (exact) mass is 1530 g/mol. The van der Waals surface area contributed by atoms with Gasteiger partial charge >= 0.3 is 11.9 Å². The zero-order chi connectivity index (χ0) is 81.3. The maximum Gasteiger partial charge on any atom is 0.305 e. The quantitative estimate of drug-likeness (QED) is 0.0210. The van der Waals surface area contributed by atoms with E-state index in [1.54, 1.807) is 49.6 Å². The summed E-state index contributed by atoms with van der Waals surface area (Å²) in [6.07, 6.45) is -2.35. The predicted molar refractivity (Wildman–Crippen MR) is 394 cm³/mol.